The zero-order valence-corrected chi connectivity index (χ0v) is 22.3. The molecule has 1 heterocycles. The fraction of sp³-hybridized carbons (Fsp3) is 0.200. The Morgan fingerprint density at radius 2 is 1.32 bits per heavy atom. The van der Waals surface area contributed by atoms with Crippen molar-refractivity contribution in [3.05, 3.63) is 111 Å². The summed E-state index contributed by atoms with van der Waals surface area (Å²) in [4.78, 5) is 30.6. The van der Waals surface area contributed by atoms with Crippen molar-refractivity contribution in [3.8, 4) is 5.75 Å². The summed E-state index contributed by atoms with van der Waals surface area (Å²) < 4.78 is 5.75. The Morgan fingerprint density at radius 3 is 1.78 bits per heavy atom. The van der Waals surface area contributed by atoms with Gasteiger partial charge < -0.3 is 14.5 Å². The molecule has 0 atom stereocenters. The average molecular weight is 535 g/mol. The third-order valence-corrected chi connectivity index (χ3v) is 6.43. The predicted molar refractivity (Wildman–Crippen MR) is 150 cm³/mol. The normalized spacial score (nSPS) is 16.0. The molecule has 3 aromatic carbocycles. The van der Waals surface area contributed by atoms with Crippen molar-refractivity contribution in [2.75, 3.05) is 40.3 Å². The van der Waals surface area contributed by atoms with Gasteiger partial charge in [-0.05, 0) is 85.9 Å². The summed E-state index contributed by atoms with van der Waals surface area (Å²) >= 11 is 12.0. The lowest BCUT2D eigenvalue weighted by Gasteiger charge is -2.30. The van der Waals surface area contributed by atoms with E-state index >= 15 is 0 Å². The van der Waals surface area contributed by atoms with Gasteiger partial charge in [0.25, 0.3) is 5.91 Å². The second-order valence-electron chi connectivity index (χ2n) is 9.11. The summed E-state index contributed by atoms with van der Waals surface area (Å²) in [5.41, 5.74) is 3.28. The van der Waals surface area contributed by atoms with Crippen molar-refractivity contribution >= 4 is 47.0 Å². The van der Waals surface area contributed by atoms with Crippen molar-refractivity contribution in [2.45, 2.75) is 0 Å². The molecule has 5 nitrogen and oxygen atoms in total. The molecule has 1 saturated heterocycles. The first-order valence-electron chi connectivity index (χ1n) is 11.9. The van der Waals surface area contributed by atoms with Crippen LogP contribution in [0.1, 0.15) is 21.5 Å². The largest absolute Gasteiger partial charge is 0.492 e. The molecule has 37 heavy (non-hydrogen) atoms. The van der Waals surface area contributed by atoms with Crippen LogP contribution in [-0.2, 0) is 4.79 Å². The van der Waals surface area contributed by atoms with E-state index in [1.807, 2.05) is 55.4 Å². The third-order valence-electron chi connectivity index (χ3n) is 5.92. The van der Waals surface area contributed by atoms with E-state index in [1.54, 1.807) is 53.4 Å². The van der Waals surface area contributed by atoms with Crippen molar-refractivity contribution < 1.29 is 14.3 Å². The van der Waals surface area contributed by atoms with Crippen LogP contribution in [0, 0.1) is 0 Å². The van der Waals surface area contributed by atoms with Crippen LogP contribution in [-0.4, -0.2) is 61.8 Å². The lowest BCUT2D eigenvalue weighted by molar-refractivity contribution is -0.113. The highest BCUT2D eigenvalue weighted by Crippen LogP contribution is 2.25. The number of rotatable bonds is 7. The number of carbonyl (C=O) groups excluding carboxylic acids is 2. The van der Waals surface area contributed by atoms with Crippen molar-refractivity contribution in [2.24, 2.45) is 0 Å². The standard InChI is InChI=1S/C30H28Cl2N2O3/c1-33(2)15-16-37-28-13-7-23(8-14-28)30(36)34-19-24(17-21-3-9-26(31)10-4-21)29(35)25(20-34)18-22-5-11-27(32)12-6-22/h3-14,17-18H,15-16,19-20H2,1-2H3/b24-17+,25-18+. The Labute approximate surface area is 227 Å². The minimum atomic E-state index is -0.156. The number of ketones is 1. The van der Waals surface area contributed by atoms with Gasteiger partial charge in [0, 0.05) is 33.3 Å². The Morgan fingerprint density at radius 1 is 0.838 bits per heavy atom. The SMILES string of the molecule is CN(C)CCOc1ccc(C(=O)N2C/C(=C\c3ccc(Cl)cc3)C(=O)/C(=C/c3ccc(Cl)cc3)C2)cc1. The number of carbonyl (C=O) groups is 2. The smallest absolute Gasteiger partial charge is 0.254 e. The van der Waals surface area contributed by atoms with Crippen molar-refractivity contribution in [1.29, 1.82) is 0 Å². The Bertz CT molecular complexity index is 1240. The molecule has 0 aromatic heterocycles. The van der Waals surface area contributed by atoms with Gasteiger partial charge >= 0.3 is 0 Å². The number of nitrogens with zero attached hydrogens (tertiary/aromatic N) is 2. The highest BCUT2D eigenvalue weighted by molar-refractivity contribution is 6.31. The fourth-order valence-corrected chi connectivity index (χ4v) is 4.18. The van der Waals surface area contributed by atoms with Crippen LogP contribution in [0.4, 0.5) is 0 Å². The van der Waals surface area contributed by atoms with E-state index in [0.29, 0.717) is 39.1 Å². The summed E-state index contributed by atoms with van der Waals surface area (Å²) in [6.45, 7) is 1.78. The number of amides is 1. The molecule has 1 aliphatic heterocycles. The summed E-state index contributed by atoms with van der Waals surface area (Å²) in [5, 5.41) is 1.23. The molecule has 1 amide bonds. The molecule has 0 bridgehead atoms. The molecule has 0 aliphatic carbocycles. The molecule has 4 rings (SSSR count). The maximum atomic E-state index is 13.5. The number of likely N-dealkylation sites (N-methyl/N-ethyl adjacent to an activating group) is 1. The highest BCUT2D eigenvalue weighted by atomic mass is 35.5. The maximum absolute atomic E-state index is 13.5. The molecule has 0 unspecified atom stereocenters. The zero-order chi connectivity index (χ0) is 26.4. The molecule has 7 heteroatoms. The molecule has 190 valence electrons. The monoisotopic (exact) mass is 534 g/mol. The minimum absolute atomic E-state index is 0.0846. The fourth-order valence-electron chi connectivity index (χ4n) is 3.93. The van der Waals surface area contributed by atoms with Gasteiger partial charge in [-0.25, -0.2) is 0 Å². The number of benzene rings is 3. The van der Waals surface area contributed by atoms with Crippen LogP contribution in [0.25, 0.3) is 12.2 Å². The number of ether oxygens (including phenoxy) is 1. The minimum Gasteiger partial charge on any atom is -0.492 e. The molecule has 0 spiro atoms. The maximum Gasteiger partial charge on any atom is 0.254 e. The molecular formula is C30H28Cl2N2O3. The number of Topliss-reactive ketones (excluding diaryl/α,β-unsaturated/α-hetero) is 1. The van der Waals surface area contributed by atoms with Gasteiger partial charge in [0.1, 0.15) is 12.4 Å². The lowest BCUT2D eigenvalue weighted by Crippen LogP contribution is -2.41. The van der Waals surface area contributed by atoms with E-state index in [1.165, 1.54) is 0 Å². The van der Waals surface area contributed by atoms with Gasteiger partial charge in [0.15, 0.2) is 5.78 Å². The first kappa shape index (κ1) is 26.7. The number of likely N-dealkylation sites (tertiary alicyclic amines) is 1. The summed E-state index contributed by atoms with van der Waals surface area (Å²) in [6.07, 6.45) is 3.63. The van der Waals surface area contributed by atoms with Gasteiger partial charge in [-0.3, -0.25) is 9.59 Å². The number of halogens is 2. The van der Waals surface area contributed by atoms with Crippen LogP contribution in [0.15, 0.2) is 83.9 Å². The second kappa shape index (κ2) is 12.2. The molecule has 0 saturated carbocycles. The second-order valence-corrected chi connectivity index (χ2v) is 9.98. The third kappa shape index (κ3) is 7.32. The topological polar surface area (TPSA) is 49.9 Å². The van der Waals surface area contributed by atoms with E-state index in [0.717, 1.165) is 17.7 Å². The molecule has 0 radical (unpaired) electrons. The quantitative estimate of drug-likeness (QED) is 0.342. The Balaban J connectivity index is 1.60. The van der Waals surface area contributed by atoms with E-state index in [9.17, 15) is 9.59 Å². The van der Waals surface area contributed by atoms with Crippen molar-refractivity contribution in [1.82, 2.24) is 9.80 Å². The molecule has 0 N–H and O–H groups in total. The Hall–Kier alpha value is -3.38. The molecule has 3 aromatic rings. The highest BCUT2D eigenvalue weighted by Gasteiger charge is 2.29. The van der Waals surface area contributed by atoms with Crippen molar-refractivity contribution in [3.63, 3.8) is 0 Å². The molecular weight excluding hydrogens is 507 g/mol. The first-order chi connectivity index (χ1) is 17.8. The van der Waals surface area contributed by atoms with Gasteiger partial charge in [-0.2, -0.15) is 0 Å². The van der Waals surface area contributed by atoms with Gasteiger partial charge in [0.2, 0.25) is 0 Å². The summed E-state index contributed by atoms with van der Waals surface area (Å²) in [7, 11) is 3.97. The van der Waals surface area contributed by atoms with Gasteiger partial charge in [-0.1, -0.05) is 47.5 Å². The van der Waals surface area contributed by atoms with Crippen LogP contribution in [0.5, 0.6) is 5.75 Å². The average Bonchev–Trinajstić information content (AvgIpc) is 2.88. The van der Waals surface area contributed by atoms with E-state index in [4.69, 9.17) is 27.9 Å². The molecule has 1 fully saturated rings. The lowest BCUT2D eigenvalue weighted by atomic mass is 9.93. The summed E-state index contributed by atoms with van der Waals surface area (Å²) in [6, 6.07) is 21.6. The summed E-state index contributed by atoms with van der Waals surface area (Å²) in [5.74, 6) is 0.466. The van der Waals surface area contributed by atoms with Crippen LogP contribution < -0.4 is 4.74 Å². The first-order valence-corrected chi connectivity index (χ1v) is 12.7. The number of hydrogen-bond donors (Lipinski definition) is 0. The van der Waals surface area contributed by atoms with E-state index in [2.05, 4.69) is 0 Å². The number of piperidine rings is 1. The van der Waals surface area contributed by atoms with Gasteiger partial charge in [0.05, 0.1) is 13.1 Å². The predicted octanol–water partition coefficient (Wildman–Crippen LogP) is 6.13. The Kier molecular flexibility index (Phi) is 8.82. The van der Waals surface area contributed by atoms with Gasteiger partial charge in [-0.15, -0.1) is 0 Å². The van der Waals surface area contributed by atoms with Crippen LogP contribution in [0.2, 0.25) is 10.0 Å². The zero-order valence-electron chi connectivity index (χ0n) is 20.8. The van der Waals surface area contributed by atoms with E-state index in [-0.39, 0.29) is 24.8 Å². The number of hydrogen-bond acceptors (Lipinski definition) is 4. The molecule has 1 aliphatic rings. The van der Waals surface area contributed by atoms with Crippen LogP contribution >= 0.6 is 23.2 Å². The van der Waals surface area contributed by atoms with E-state index < -0.39 is 0 Å². The van der Waals surface area contributed by atoms with Crippen LogP contribution in [0.3, 0.4) is 0 Å².